The van der Waals surface area contributed by atoms with Crippen LogP contribution in [0.1, 0.15) is 59.8 Å². The Morgan fingerprint density at radius 1 is 1.41 bits per heavy atom. The summed E-state index contributed by atoms with van der Waals surface area (Å²) in [5, 5.41) is 2.12. The number of carbonyl (C=O) groups excluding carboxylic acids is 1. The molecule has 100 valence electrons. The molecule has 1 fully saturated rings. The third-order valence-corrected chi connectivity index (χ3v) is 3.67. The monoisotopic (exact) mass is 240 g/mol. The van der Waals surface area contributed by atoms with Crippen LogP contribution in [0.3, 0.4) is 0 Å². The molecule has 1 unspecified atom stereocenters. The highest BCUT2D eigenvalue weighted by Gasteiger charge is 2.28. The van der Waals surface area contributed by atoms with E-state index in [1.807, 2.05) is 0 Å². The van der Waals surface area contributed by atoms with Crippen LogP contribution in [0.25, 0.3) is 0 Å². The number of hydrogen-bond acceptors (Lipinski definition) is 2. The van der Waals surface area contributed by atoms with E-state index in [1.165, 1.54) is 12.8 Å². The van der Waals surface area contributed by atoms with E-state index < -0.39 is 0 Å². The molecular formula is C14H28N2O. The second kappa shape index (κ2) is 6.39. The molecule has 17 heavy (non-hydrogen) atoms. The SMILES string of the molecule is CCCC(CC)C(=O)NN1CCCC(C)(C)C1. The highest BCUT2D eigenvalue weighted by molar-refractivity contribution is 5.78. The Hall–Kier alpha value is -0.570. The maximum Gasteiger partial charge on any atom is 0.237 e. The quantitative estimate of drug-likeness (QED) is 0.801. The molecule has 0 spiro atoms. The number of nitrogens with one attached hydrogen (secondary N) is 1. The van der Waals surface area contributed by atoms with E-state index in [2.05, 4.69) is 38.1 Å². The standard InChI is InChI=1S/C14H28N2O/c1-5-8-12(6-2)13(17)15-16-10-7-9-14(3,4)11-16/h12H,5-11H2,1-4H3,(H,15,17). The number of piperidine rings is 1. The summed E-state index contributed by atoms with van der Waals surface area (Å²) in [6.07, 6.45) is 5.46. The number of hydrazine groups is 1. The zero-order valence-corrected chi connectivity index (χ0v) is 11.9. The van der Waals surface area contributed by atoms with Crippen molar-refractivity contribution >= 4 is 5.91 Å². The lowest BCUT2D eigenvalue weighted by Gasteiger charge is -2.38. The van der Waals surface area contributed by atoms with Crippen LogP contribution >= 0.6 is 0 Å². The van der Waals surface area contributed by atoms with Gasteiger partial charge in [0.05, 0.1) is 0 Å². The molecule has 0 aromatic heterocycles. The Bertz CT molecular complexity index is 251. The normalized spacial score (nSPS) is 22.1. The Labute approximate surface area is 106 Å². The van der Waals surface area contributed by atoms with E-state index >= 15 is 0 Å². The van der Waals surface area contributed by atoms with Crippen molar-refractivity contribution in [3.8, 4) is 0 Å². The third-order valence-electron chi connectivity index (χ3n) is 3.67. The molecule has 1 atom stereocenters. The summed E-state index contributed by atoms with van der Waals surface area (Å²) in [4.78, 5) is 12.1. The number of amides is 1. The first kappa shape index (κ1) is 14.5. The highest BCUT2D eigenvalue weighted by Crippen LogP contribution is 2.27. The Morgan fingerprint density at radius 3 is 2.65 bits per heavy atom. The fourth-order valence-electron chi connectivity index (χ4n) is 2.63. The maximum atomic E-state index is 12.1. The second-order valence-corrected chi connectivity index (χ2v) is 6.06. The first-order valence-electron chi connectivity index (χ1n) is 7.04. The average molecular weight is 240 g/mol. The van der Waals surface area contributed by atoms with Gasteiger partial charge in [-0.05, 0) is 31.1 Å². The van der Waals surface area contributed by atoms with Gasteiger partial charge in [-0.2, -0.15) is 0 Å². The van der Waals surface area contributed by atoms with E-state index in [0.717, 1.165) is 32.4 Å². The van der Waals surface area contributed by atoms with E-state index in [1.54, 1.807) is 0 Å². The number of carbonyl (C=O) groups is 1. The van der Waals surface area contributed by atoms with Crippen LogP contribution in [-0.2, 0) is 4.79 Å². The van der Waals surface area contributed by atoms with Crippen LogP contribution in [0, 0.1) is 11.3 Å². The van der Waals surface area contributed by atoms with Crippen molar-refractivity contribution < 1.29 is 4.79 Å². The summed E-state index contributed by atoms with van der Waals surface area (Å²) >= 11 is 0. The largest absolute Gasteiger partial charge is 0.289 e. The van der Waals surface area contributed by atoms with Gasteiger partial charge in [-0.25, -0.2) is 5.01 Å². The van der Waals surface area contributed by atoms with Crippen molar-refractivity contribution in [2.75, 3.05) is 13.1 Å². The molecule has 0 saturated carbocycles. The first-order valence-corrected chi connectivity index (χ1v) is 7.04. The van der Waals surface area contributed by atoms with Crippen molar-refractivity contribution in [2.45, 2.75) is 59.8 Å². The molecule has 0 radical (unpaired) electrons. The molecule has 1 saturated heterocycles. The molecule has 3 nitrogen and oxygen atoms in total. The summed E-state index contributed by atoms with van der Waals surface area (Å²) in [5.41, 5.74) is 3.44. The molecule has 1 rings (SSSR count). The second-order valence-electron chi connectivity index (χ2n) is 6.06. The minimum atomic E-state index is 0.185. The van der Waals surface area contributed by atoms with E-state index in [-0.39, 0.29) is 11.8 Å². The van der Waals surface area contributed by atoms with Crippen LogP contribution in [0.15, 0.2) is 0 Å². The van der Waals surface area contributed by atoms with Gasteiger partial charge in [0, 0.05) is 19.0 Å². The summed E-state index contributed by atoms with van der Waals surface area (Å²) in [6, 6.07) is 0. The van der Waals surface area contributed by atoms with Gasteiger partial charge in [0.15, 0.2) is 0 Å². The molecule has 0 bridgehead atoms. The van der Waals surface area contributed by atoms with E-state index in [0.29, 0.717) is 5.41 Å². The fraction of sp³-hybridized carbons (Fsp3) is 0.929. The predicted octanol–water partition coefficient (Wildman–Crippen LogP) is 2.97. The minimum absolute atomic E-state index is 0.185. The molecule has 1 amide bonds. The maximum absolute atomic E-state index is 12.1. The van der Waals surface area contributed by atoms with Crippen molar-refractivity contribution in [1.29, 1.82) is 0 Å². The summed E-state index contributed by atoms with van der Waals surface area (Å²) in [5.74, 6) is 0.400. The van der Waals surface area contributed by atoms with Crippen LogP contribution < -0.4 is 5.43 Å². The summed E-state index contributed by atoms with van der Waals surface area (Å²) in [7, 11) is 0. The smallest absolute Gasteiger partial charge is 0.237 e. The minimum Gasteiger partial charge on any atom is -0.289 e. The van der Waals surface area contributed by atoms with Crippen LogP contribution in [0.2, 0.25) is 0 Å². The predicted molar refractivity (Wildman–Crippen MR) is 71.4 cm³/mol. The van der Waals surface area contributed by atoms with Crippen molar-refractivity contribution in [3.63, 3.8) is 0 Å². The number of nitrogens with zero attached hydrogens (tertiary/aromatic N) is 1. The molecule has 0 aromatic carbocycles. The van der Waals surface area contributed by atoms with Gasteiger partial charge in [0.25, 0.3) is 0 Å². The van der Waals surface area contributed by atoms with Crippen LogP contribution in [-0.4, -0.2) is 24.0 Å². The van der Waals surface area contributed by atoms with Gasteiger partial charge in [0.1, 0.15) is 0 Å². The van der Waals surface area contributed by atoms with Gasteiger partial charge >= 0.3 is 0 Å². The summed E-state index contributed by atoms with van der Waals surface area (Å²) in [6.45, 7) is 10.8. The molecule has 1 heterocycles. The van der Waals surface area contributed by atoms with Crippen molar-refractivity contribution in [1.82, 2.24) is 10.4 Å². The van der Waals surface area contributed by atoms with Crippen LogP contribution in [0.4, 0.5) is 0 Å². The highest BCUT2D eigenvalue weighted by atomic mass is 16.2. The third kappa shape index (κ3) is 4.66. The Morgan fingerprint density at radius 2 is 2.12 bits per heavy atom. The fourth-order valence-corrected chi connectivity index (χ4v) is 2.63. The lowest BCUT2D eigenvalue weighted by molar-refractivity contribution is -0.131. The molecule has 3 heteroatoms. The molecule has 0 aliphatic carbocycles. The molecular weight excluding hydrogens is 212 g/mol. The lowest BCUT2D eigenvalue weighted by atomic mass is 9.85. The zero-order valence-electron chi connectivity index (χ0n) is 11.9. The topological polar surface area (TPSA) is 32.3 Å². The van der Waals surface area contributed by atoms with E-state index in [4.69, 9.17) is 0 Å². The molecule has 1 aliphatic rings. The van der Waals surface area contributed by atoms with Crippen LogP contribution in [0.5, 0.6) is 0 Å². The lowest BCUT2D eigenvalue weighted by Crippen LogP contribution is -2.51. The van der Waals surface area contributed by atoms with Gasteiger partial charge in [-0.1, -0.05) is 34.1 Å². The van der Waals surface area contributed by atoms with Crippen molar-refractivity contribution in [3.05, 3.63) is 0 Å². The zero-order chi connectivity index (χ0) is 12.9. The van der Waals surface area contributed by atoms with Gasteiger partial charge in [-0.15, -0.1) is 0 Å². The van der Waals surface area contributed by atoms with Crippen molar-refractivity contribution in [2.24, 2.45) is 11.3 Å². The molecule has 1 aliphatic heterocycles. The average Bonchev–Trinajstić information content (AvgIpc) is 2.24. The number of rotatable bonds is 5. The Kier molecular flexibility index (Phi) is 5.44. The van der Waals surface area contributed by atoms with Gasteiger partial charge in [0.2, 0.25) is 5.91 Å². The molecule has 1 N–H and O–H groups in total. The van der Waals surface area contributed by atoms with E-state index in [9.17, 15) is 4.79 Å². The van der Waals surface area contributed by atoms with Gasteiger partial charge < -0.3 is 0 Å². The Balaban J connectivity index is 2.44. The number of hydrogen-bond donors (Lipinski definition) is 1. The summed E-state index contributed by atoms with van der Waals surface area (Å²) < 4.78 is 0. The molecule has 0 aromatic rings. The van der Waals surface area contributed by atoms with Gasteiger partial charge in [-0.3, -0.25) is 10.2 Å². The first-order chi connectivity index (χ1) is 7.98.